The third-order valence-electron chi connectivity index (χ3n) is 6.55. The summed E-state index contributed by atoms with van der Waals surface area (Å²) in [6.45, 7) is 7.58. The lowest BCUT2D eigenvalue weighted by atomic mass is 10.1. The third-order valence-corrected chi connectivity index (χ3v) is 7.48. The molecule has 1 amide bonds. The molecule has 33 heavy (non-hydrogen) atoms. The summed E-state index contributed by atoms with van der Waals surface area (Å²) in [4.78, 5) is 28.7. The number of nitrogens with zero attached hydrogens (tertiary/aromatic N) is 2. The zero-order chi connectivity index (χ0) is 23.8. The highest BCUT2D eigenvalue weighted by Crippen LogP contribution is 2.22. The number of nitrogens with one attached hydrogen (secondary N) is 1. The molecule has 0 bridgehead atoms. The van der Waals surface area contributed by atoms with Crippen LogP contribution in [0.3, 0.4) is 0 Å². The van der Waals surface area contributed by atoms with Gasteiger partial charge >= 0.3 is 0 Å². The smallest absolute Gasteiger partial charge is 0.252 e. The molecule has 3 heterocycles. The van der Waals surface area contributed by atoms with Gasteiger partial charge in [-0.3, -0.25) is 9.59 Å². The van der Waals surface area contributed by atoms with Crippen molar-refractivity contribution in [2.24, 2.45) is 5.14 Å². The number of piperazine rings is 1. The Morgan fingerprint density at radius 1 is 1.15 bits per heavy atom. The largest absolute Gasteiger partial charge is 0.368 e. The van der Waals surface area contributed by atoms with Crippen molar-refractivity contribution in [3.8, 4) is 5.69 Å². The normalized spacial score (nSPS) is 19.7. The van der Waals surface area contributed by atoms with Gasteiger partial charge in [-0.25, -0.2) is 13.6 Å². The van der Waals surface area contributed by atoms with Gasteiger partial charge in [0.1, 0.15) is 12.6 Å². The van der Waals surface area contributed by atoms with E-state index >= 15 is 0 Å². The van der Waals surface area contributed by atoms with Crippen LogP contribution in [0.25, 0.3) is 5.69 Å². The summed E-state index contributed by atoms with van der Waals surface area (Å²) in [5.41, 5.74) is 3.13. The number of Topliss-reactive ketones (excluding diaryl/α,β-unsaturated/α-hetero) is 1. The van der Waals surface area contributed by atoms with Gasteiger partial charge in [0, 0.05) is 29.2 Å². The minimum absolute atomic E-state index is 0.0470. The fourth-order valence-corrected chi connectivity index (χ4v) is 5.26. The summed E-state index contributed by atoms with van der Waals surface area (Å²) >= 11 is 0. The van der Waals surface area contributed by atoms with Crippen molar-refractivity contribution in [3.05, 3.63) is 47.3 Å². The molecule has 4 rings (SSSR count). The van der Waals surface area contributed by atoms with Crippen LogP contribution in [0.1, 0.15) is 34.6 Å². The van der Waals surface area contributed by atoms with E-state index in [-0.39, 0.29) is 22.7 Å². The van der Waals surface area contributed by atoms with Gasteiger partial charge in [-0.05, 0) is 57.0 Å². The molecule has 9 nitrogen and oxygen atoms in total. The first kappa shape index (κ1) is 23.6. The molecule has 2 fully saturated rings. The molecule has 1 atom stereocenters. The number of aromatic nitrogens is 1. The number of ketones is 1. The average Bonchev–Trinajstić information content (AvgIpc) is 3.41. The van der Waals surface area contributed by atoms with Crippen LogP contribution in [0.5, 0.6) is 0 Å². The second-order valence-electron chi connectivity index (χ2n) is 8.84. The van der Waals surface area contributed by atoms with E-state index in [0.29, 0.717) is 31.8 Å². The fraction of sp³-hybridized carbons (Fsp3) is 0.478. The standard InChI is InChI=1S/C23H30N4O5S/c1-16-14-20(17(2)27(16)18-5-7-19(8-6-18)33(24,30)31)21(28)15-25-9-11-26(12-10-25)23(29)22-4-3-13-32-22/h5-8,14,22H,3-4,9-13,15H2,1-2H3,(H2,24,30,31)/p+1. The van der Waals surface area contributed by atoms with Crippen molar-refractivity contribution >= 4 is 21.7 Å². The van der Waals surface area contributed by atoms with Crippen LogP contribution in [-0.4, -0.2) is 75.0 Å². The summed E-state index contributed by atoms with van der Waals surface area (Å²) in [6.07, 6.45) is 1.44. The predicted molar refractivity (Wildman–Crippen MR) is 122 cm³/mol. The van der Waals surface area contributed by atoms with Crippen molar-refractivity contribution in [1.29, 1.82) is 0 Å². The Bertz CT molecular complexity index is 1140. The second kappa shape index (κ2) is 9.38. The molecule has 0 radical (unpaired) electrons. The van der Waals surface area contributed by atoms with Crippen LogP contribution in [0.4, 0.5) is 0 Å². The van der Waals surface area contributed by atoms with E-state index in [1.165, 1.54) is 17.0 Å². The maximum atomic E-state index is 13.1. The number of carbonyl (C=O) groups excluding carboxylic acids is 2. The van der Waals surface area contributed by atoms with Crippen LogP contribution in [0.15, 0.2) is 35.2 Å². The predicted octanol–water partition coefficient (Wildman–Crippen LogP) is -0.170. The van der Waals surface area contributed by atoms with Gasteiger partial charge in [-0.15, -0.1) is 0 Å². The lowest BCUT2D eigenvalue weighted by molar-refractivity contribution is -0.895. The maximum Gasteiger partial charge on any atom is 0.252 e. The van der Waals surface area contributed by atoms with Gasteiger partial charge in [-0.2, -0.15) is 0 Å². The number of primary sulfonamides is 1. The molecule has 1 aromatic carbocycles. The number of nitrogens with two attached hydrogens (primary N) is 1. The summed E-state index contributed by atoms with van der Waals surface area (Å²) < 4.78 is 30.5. The Morgan fingerprint density at radius 2 is 1.82 bits per heavy atom. The molecule has 0 spiro atoms. The van der Waals surface area contributed by atoms with E-state index in [4.69, 9.17) is 9.88 Å². The van der Waals surface area contributed by atoms with Crippen LogP contribution in [0, 0.1) is 13.8 Å². The number of amides is 1. The lowest BCUT2D eigenvalue weighted by Gasteiger charge is -2.33. The number of quaternary nitrogens is 1. The fourth-order valence-electron chi connectivity index (χ4n) is 4.75. The number of aryl methyl sites for hydroxylation is 1. The second-order valence-corrected chi connectivity index (χ2v) is 10.4. The zero-order valence-corrected chi connectivity index (χ0v) is 19.9. The Morgan fingerprint density at radius 3 is 2.39 bits per heavy atom. The maximum absolute atomic E-state index is 13.1. The molecule has 2 aromatic rings. The van der Waals surface area contributed by atoms with Crippen LogP contribution >= 0.6 is 0 Å². The van der Waals surface area contributed by atoms with E-state index in [2.05, 4.69) is 0 Å². The van der Waals surface area contributed by atoms with Gasteiger partial charge in [0.15, 0.2) is 0 Å². The Labute approximate surface area is 194 Å². The molecule has 1 aromatic heterocycles. The van der Waals surface area contributed by atoms with Crippen LogP contribution in [0.2, 0.25) is 0 Å². The van der Waals surface area contributed by atoms with Crippen molar-refractivity contribution in [2.75, 3.05) is 39.3 Å². The van der Waals surface area contributed by atoms with Gasteiger partial charge < -0.3 is 19.1 Å². The summed E-state index contributed by atoms with van der Waals surface area (Å²) in [7, 11) is -3.76. The van der Waals surface area contributed by atoms with E-state index in [9.17, 15) is 18.0 Å². The van der Waals surface area contributed by atoms with Crippen molar-refractivity contribution in [3.63, 3.8) is 0 Å². The number of hydrogen-bond acceptors (Lipinski definition) is 5. The van der Waals surface area contributed by atoms with E-state index in [0.717, 1.165) is 43.0 Å². The van der Waals surface area contributed by atoms with Crippen molar-refractivity contribution < 1.29 is 27.6 Å². The molecule has 10 heteroatoms. The quantitative estimate of drug-likeness (QED) is 0.563. The molecular formula is C23H31N4O5S+. The number of ether oxygens (including phenoxy) is 1. The minimum atomic E-state index is -3.76. The Hall–Kier alpha value is -2.53. The number of carbonyl (C=O) groups is 2. The number of benzene rings is 1. The van der Waals surface area contributed by atoms with Gasteiger partial charge in [-0.1, -0.05) is 0 Å². The zero-order valence-electron chi connectivity index (χ0n) is 19.0. The first-order valence-electron chi connectivity index (χ1n) is 11.2. The first-order valence-corrected chi connectivity index (χ1v) is 12.8. The average molecular weight is 476 g/mol. The molecule has 0 aliphatic carbocycles. The highest BCUT2D eigenvalue weighted by molar-refractivity contribution is 7.89. The van der Waals surface area contributed by atoms with E-state index in [1.807, 2.05) is 29.4 Å². The molecule has 178 valence electrons. The highest BCUT2D eigenvalue weighted by atomic mass is 32.2. The minimum Gasteiger partial charge on any atom is -0.368 e. The number of rotatable bonds is 6. The number of hydrogen-bond donors (Lipinski definition) is 2. The van der Waals surface area contributed by atoms with Crippen LogP contribution < -0.4 is 10.0 Å². The third kappa shape index (κ3) is 5.03. The van der Waals surface area contributed by atoms with Gasteiger partial charge in [0.05, 0.1) is 31.1 Å². The van der Waals surface area contributed by atoms with Crippen molar-refractivity contribution in [1.82, 2.24) is 9.47 Å². The van der Waals surface area contributed by atoms with E-state index < -0.39 is 10.0 Å². The summed E-state index contributed by atoms with van der Waals surface area (Å²) in [5.74, 6) is 0.138. The first-order chi connectivity index (χ1) is 15.6. The Balaban J connectivity index is 1.41. The van der Waals surface area contributed by atoms with Gasteiger partial charge in [0.2, 0.25) is 15.8 Å². The van der Waals surface area contributed by atoms with Gasteiger partial charge in [0.25, 0.3) is 5.91 Å². The molecule has 2 aliphatic heterocycles. The van der Waals surface area contributed by atoms with E-state index in [1.54, 1.807) is 12.1 Å². The molecule has 2 saturated heterocycles. The monoisotopic (exact) mass is 475 g/mol. The molecule has 3 N–H and O–H groups in total. The highest BCUT2D eigenvalue weighted by Gasteiger charge is 2.32. The summed E-state index contributed by atoms with van der Waals surface area (Å²) in [5, 5.41) is 5.19. The molecular weight excluding hydrogens is 444 g/mol. The van der Waals surface area contributed by atoms with Crippen molar-refractivity contribution in [2.45, 2.75) is 37.7 Å². The lowest BCUT2D eigenvalue weighted by Crippen LogP contribution is -3.15. The molecule has 1 unspecified atom stereocenters. The Kier molecular flexibility index (Phi) is 6.71. The molecule has 0 saturated carbocycles. The summed E-state index contributed by atoms with van der Waals surface area (Å²) in [6, 6.07) is 8.17. The topological polar surface area (TPSA) is 116 Å². The SMILES string of the molecule is Cc1cc(C(=O)C[NH+]2CCN(C(=O)C3CCCO3)CC2)c(C)n1-c1ccc(S(N)(=O)=O)cc1. The number of sulfonamides is 1. The van der Waals surface area contributed by atoms with Crippen LogP contribution in [-0.2, 0) is 19.6 Å². The molecule has 2 aliphatic rings.